The second-order valence-electron chi connectivity index (χ2n) is 4.35. The third-order valence-electron chi connectivity index (χ3n) is 2.74. The summed E-state index contributed by atoms with van der Waals surface area (Å²) in [6.07, 6.45) is 0.879. The molecule has 2 nitrogen and oxygen atoms in total. The van der Waals surface area contributed by atoms with Crippen molar-refractivity contribution < 1.29 is 0 Å². The maximum atomic E-state index is 5.84. The number of rotatable bonds is 2. The van der Waals surface area contributed by atoms with Gasteiger partial charge in [-0.15, -0.1) is 23.1 Å². The average Bonchev–Trinajstić information content (AvgIpc) is 2.70. The largest absolute Gasteiger partial charge is 0.328 e. The summed E-state index contributed by atoms with van der Waals surface area (Å²) in [4.78, 5) is 7.50. The fraction of sp³-hybridized carbons (Fsp3) is 0.308. The first-order valence-electron chi connectivity index (χ1n) is 5.70. The Morgan fingerprint density at radius 2 is 2.24 bits per heavy atom. The molecular formula is C13H14N2S2. The number of aromatic nitrogens is 1. The van der Waals surface area contributed by atoms with Gasteiger partial charge in [-0.1, -0.05) is 18.2 Å². The van der Waals surface area contributed by atoms with Gasteiger partial charge in [0.2, 0.25) is 0 Å². The lowest BCUT2D eigenvalue weighted by atomic mass is 10.1. The second-order valence-corrected chi connectivity index (χ2v) is 6.53. The van der Waals surface area contributed by atoms with Gasteiger partial charge >= 0.3 is 0 Å². The quantitative estimate of drug-likeness (QED) is 0.902. The van der Waals surface area contributed by atoms with Crippen molar-refractivity contribution >= 4 is 23.1 Å². The van der Waals surface area contributed by atoms with Crippen molar-refractivity contribution in [3.8, 4) is 11.3 Å². The molecule has 0 radical (unpaired) electrons. The zero-order valence-electron chi connectivity index (χ0n) is 9.64. The monoisotopic (exact) mass is 262 g/mol. The van der Waals surface area contributed by atoms with E-state index in [-0.39, 0.29) is 6.04 Å². The summed E-state index contributed by atoms with van der Waals surface area (Å²) in [6, 6.07) is 8.69. The van der Waals surface area contributed by atoms with Crippen molar-refractivity contribution in [3.05, 3.63) is 34.2 Å². The Morgan fingerprint density at radius 1 is 1.41 bits per heavy atom. The van der Waals surface area contributed by atoms with Gasteiger partial charge in [-0.2, -0.15) is 0 Å². The normalized spacial score (nSPS) is 15.2. The van der Waals surface area contributed by atoms with Gasteiger partial charge in [-0.05, 0) is 13.0 Å². The number of nitrogens with zero attached hydrogens (tertiary/aromatic N) is 1. The van der Waals surface area contributed by atoms with E-state index in [2.05, 4.69) is 24.3 Å². The highest BCUT2D eigenvalue weighted by molar-refractivity contribution is 7.98. The molecule has 0 saturated carbocycles. The maximum absolute atomic E-state index is 5.84. The average molecular weight is 262 g/mol. The molecule has 1 aliphatic rings. The van der Waals surface area contributed by atoms with E-state index in [0.29, 0.717) is 0 Å². The van der Waals surface area contributed by atoms with Crippen LogP contribution < -0.4 is 5.73 Å². The van der Waals surface area contributed by atoms with Gasteiger partial charge in [0.1, 0.15) is 0 Å². The van der Waals surface area contributed by atoms with E-state index in [0.717, 1.165) is 12.2 Å². The molecule has 2 N–H and O–H groups in total. The summed E-state index contributed by atoms with van der Waals surface area (Å²) >= 11 is 3.72. The molecule has 1 unspecified atom stereocenters. The highest BCUT2D eigenvalue weighted by atomic mass is 32.2. The molecule has 4 heteroatoms. The third-order valence-corrected chi connectivity index (χ3v) is 5.10. The molecule has 3 rings (SSSR count). The molecular weight excluding hydrogens is 248 g/mol. The molecule has 1 aromatic carbocycles. The molecule has 17 heavy (non-hydrogen) atoms. The molecule has 1 aliphatic heterocycles. The number of thiazole rings is 1. The Labute approximate surface area is 109 Å². The first kappa shape index (κ1) is 11.3. The molecule has 0 fully saturated rings. The number of thioether (sulfide) groups is 1. The van der Waals surface area contributed by atoms with Crippen LogP contribution in [0.25, 0.3) is 11.3 Å². The van der Waals surface area contributed by atoms with E-state index >= 15 is 0 Å². The van der Waals surface area contributed by atoms with Crippen LogP contribution in [0.15, 0.2) is 29.2 Å². The van der Waals surface area contributed by atoms with Crippen LogP contribution in [0, 0.1) is 0 Å². The number of fused-ring (bicyclic) bond motifs is 3. The predicted octanol–water partition coefficient (Wildman–Crippen LogP) is 3.31. The Morgan fingerprint density at radius 3 is 3.06 bits per heavy atom. The lowest BCUT2D eigenvalue weighted by Gasteiger charge is -2.13. The second kappa shape index (κ2) is 4.44. The zero-order chi connectivity index (χ0) is 11.8. The Kier molecular flexibility index (Phi) is 2.94. The van der Waals surface area contributed by atoms with Crippen LogP contribution >= 0.6 is 23.1 Å². The molecule has 0 saturated heterocycles. The lowest BCUT2D eigenvalue weighted by molar-refractivity contribution is 0.734. The van der Waals surface area contributed by atoms with Crippen molar-refractivity contribution in [2.75, 3.05) is 0 Å². The van der Waals surface area contributed by atoms with Crippen molar-refractivity contribution in [2.45, 2.75) is 30.0 Å². The van der Waals surface area contributed by atoms with Gasteiger partial charge in [0.05, 0.1) is 10.7 Å². The molecule has 1 aromatic heterocycles. The van der Waals surface area contributed by atoms with Crippen LogP contribution in [-0.4, -0.2) is 11.0 Å². The number of hydrogen-bond acceptors (Lipinski definition) is 4. The molecule has 2 aromatic rings. The molecule has 0 amide bonds. The van der Waals surface area contributed by atoms with Gasteiger partial charge in [0, 0.05) is 33.6 Å². The van der Waals surface area contributed by atoms with Crippen LogP contribution in [0.4, 0.5) is 0 Å². The van der Waals surface area contributed by atoms with Crippen molar-refractivity contribution in [3.63, 3.8) is 0 Å². The summed E-state index contributed by atoms with van der Waals surface area (Å²) in [5.74, 6) is 1.04. The van der Waals surface area contributed by atoms with Crippen LogP contribution in [0.3, 0.4) is 0 Å². The van der Waals surface area contributed by atoms with Gasteiger partial charge < -0.3 is 5.73 Å². The first-order valence-corrected chi connectivity index (χ1v) is 7.50. The zero-order valence-corrected chi connectivity index (χ0v) is 11.3. The smallest absolute Gasteiger partial charge is 0.0951 e. The number of nitrogens with two attached hydrogens (primary N) is 1. The first-order chi connectivity index (χ1) is 8.24. The molecule has 88 valence electrons. The minimum absolute atomic E-state index is 0.186. The fourth-order valence-electron chi connectivity index (χ4n) is 2.00. The summed E-state index contributed by atoms with van der Waals surface area (Å²) in [7, 11) is 0. The Balaban J connectivity index is 2.04. The predicted molar refractivity (Wildman–Crippen MR) is 74.5 cm³/mol. The van der Waals surface area contributed by atoms with Crippen molar-refractivity contribution in [1.29, 1.82) is 0 Å². The van der Waals surface area contributed by atoms with Crippen LogP contribution in [0.1, 0.15) is 16.8 Å². The number of benzene rings is 1. The number of hydrogen-bond donors (Lipinski definition) is 1. The fourth-order valence-corrected chi connectivity index (χ4v) is 4.35. The van der Waals surface area contributed by atoms with E-state index in [1.54, 1.807) is 0 Å². The molecule has 2 heterocycles. The van der Waals surface area contributed by atoms with E-state index < -0.39 is 0 Å². The summed E-state index contributed by atoms with van der Waals surface area (Å²) < 4.78 is 0. The van der Waals surface area contributed by atoms with Gasteiger partial charge in [-0.25, -0.2) is 4.98 Å². The van der Waals surface area contributed by atoms with E-state index in [4.69, 9.17) is 10.7 Å². The van der Waals surface area contributed by atoms with E-state index in [1.165, 1.54) is 26.0 Å². The van der Waals surface area contributed by atoms with Gasteiger partial charge in [0.25, 0.3) is 0 Å². The Bertz CT molecular complexity index is 546. The summed E-state index contributed by atoms with van der Waals surface area (Å²) in [5, 5.41) is 1.17. The third kappa shape index (κ3) is 2.12. The minimum atomic E-state index is 0.186. The maximum Gasteiger partial charge on any atom is 0.0951 e. The van der Waals surface area contributed by atoms with Crippen LogP contribution in [-0.2, 0) is 12.2 Å². The van der Waals surface area contributed by atoms with Crippen molar-refractivity contribution in [2.24, 2.45) is 5.73 Å². The molecule has 0 bridgehead atoms. The van der Waals surface area contributed by atoms with Gasteiger partial charge in [-0.3, -0.25) is 0 Å². The van der Waals surface area contributed by atoms with Gasteiger partial charge in [0.15, 0.2) is 0 Å². The molecule has 1 atom stereocenters. The standard InChI is InChI=1S/C13H14N2S2/c1-8(14)6-12-15-13-9-4-2-3-5-10(9)16-7-11(13)17-12/h2-5,8H,6-7,14H2,1H3. The van der Waals surface area contributed by atoms with E-state index in [1.807, 2.05) is 30.0 Å². The van der Waals surface area contributed by atoms with Crippen LogP contribution in [0.5, 0.6) is 0 Å². The lowest BCUT2D eigenvalue weighted by Crippen LogP contribution is -2.17. The Hall–Kier alpha value is -0.840. The van der Waals surface area contributed by atoms with E-state index in [9.17, 15) is 0 Å². The topological polar surface area (TPSA) is 38.9 Å². The SMILES string of the molecule is CC(N)Cc1nc2c(s1)CSc1ccccc1-2. The molecule has 0 spiro atoms. The van der Waals surface area contributed by atoms with Crippen LogP contribution in [0.2, 0.25) is 0 Å². The summed E-state index contributed by atoms with van der Waals surface area (Å²) in [6.45, 7) is 2.03. The molecule has 0 aliphatic carbocycles. The van der Waals surface area contributed by atoms with Crippen molar-refractivity contribution in [1.82, 2.24) is 4.98 Å². The highest BCUT2D eigenvalue weighted by Gasteiger charge is 2.20. The highest BCUT2D eigenvalue weighted by Crippen LogP contribution is 2.43. The summed E-state index contributed by atoms with van der Waals surface area (Å²) in [5.41, 5.74) is 8.30. The minimum Gasteiger partial charge on any atom is -0.328 e.